The molecule has 0 aromatic carbocycles. The zero-order chi connectivity index (χ0) is 25.7. The highest BCUT2D eigenvalue weighted by atomic mass is 16.4. The number of carbonyl (C=O) groups is 5. The summed E-state index contributed by atoms with van der Waals surface area (Å²) in [5.41, 5.74) is 16.0. The maximum absolute atomic E-state index is 12.8. The summed E-state index contributed by atoms with van der Waals surface area (Å²) in [6.45, 7) is 4.76. The number of amides is 3. The van der Waals surface area contributed by atoms with Crippen LogP contribution in [0.15, 0.2) is 4.99 Å². The first kappa shape index (κ1) is 29.6. The van der Waals surface area contributed by atoms with Crippen LogP contribution >= 0.6 is 0 Å². The van der Waals surface area contributed by atoms with E-state index in [1.807, 2.05) is 0 Å². The van der Waals surface area contributed by atoms with Gasteiger partial charge in [0.05, 0.1) is 6.04 Å². The van der Waals surface area contributed by atoms with E-state index in [2.05, 4.69) is 20.9 Å². The van der Waals surface area contributed by atoms with Crippen LogP contribution in [0.3, 0.4) is 0 Å². The Kier molecular flexibility index (Phi) is 13.1. The molecule has 4 atom stereocenters. The van der Waals surface area contributed by atoms with Crippen molar-refractivity contribution in [3.05, 3.63) is 0 Å². The van der Waals surface area contributed by atoms with E-state index >= 15 is 0 Å². The van der Waals surface area contributed by atoms with Gasteiger partial charge in [-0.3, -0.25) is 24.2 Å². The molecule has 0 saturated heterocycles. The summed E-state index contributed by atoms with van der Waals surface area (Å²) in [4.78, 5) is 63.7. The summed E-state index contributed by atoms with van der Waals surface area (Å²) in [6, 6.07) is -4.61. The average molecular weight is 474 g/mol. The summed E-state index contributed by atoms with van der Waals surface area (Å²) < 4.78 is 0. The fraction of sp³-hybridized carbons (Fsp3) is 0.684. The minimum Gasteiger partial charge on any atom is -0.481 e. The number of aliphatic imine (C=N–C) groups is 1. The highest BCUT2D eigenvalue weighted by Crippen LogP contribution is 2.07. The number of hydrogen-bond acceptors (Lipinski definition) is 7. The molecule has 14 heteroatoms. The number of nitrogens with zero attached hydrogens (tertiary/aromatic N) is 1. The number of aliphatic carboxylic acids is 2. The lowest BCUT2D eigenvalue weighted by atomic mass is 10.0. The van der Waals surface area contributed by atoms with Crippen molar-refractivity contribution in [3.8, 4) is 0 Å². The second-order valence-corrected chi connectivity index (χ2v) is 7.86. The maximum atomic E-state index is 12.8. The quantitative estimate of drug-likeness (QED) is 0.0701. The third-order valence-corrected chi connectivity index (χ3v) is 4.50. The second kappa shape index (κ2) is 14.6. The van der Waals surface area contributed by atoms with Gasteiger partial charge in [-0.1, -0.05) is 13.8 Å². The van der Waals surface area contributed by atoms with Gasteiger partial charge in [0.15, 0.2) is 5.96 Å². The number of guanidine groups is 1. The number of carboxylic acids is 2. The molecule has 4 unspecified atom stereocenters. The molecule has 0 aromatic heterocycles. The molecule has 0 fully saturated rings. The monoisotopic (exact) mass is 473 g/mol. The van der Waals surface area contributed by atoms with Crippen LogP contribution in [0.1, 0.15) is 46.5 Å². The lowest BCUT2D eigenvalue weighted by Gasteiger charge is -2.25. The topological polar surface area (TPSA) is 252 Å². The molecule has 3 amide bonds. The molecular weight excluding hydrogens is 438 g/mol. The predicted octanol–water partition coefficient (Wildman–Crippen LogP) is -2.55. The van der Waals surface area contributed by atoms with E-state index in [-0.39, 0.29) is 31.8 Å². The number of carbonyl (C=O) groups excluding carboxylic acids is 3. The first-order chi connectivity index (χ1) is 15.3. The second-order valence-electron chi connectivity index (χ2n) is 7.86. The van der Waals surface area contributed by atoms with Gasteiger partial charge in [0.1, 0.15) is 18.1 Å². The minimum absolute atomic E-state index is 0.0473. The Bertz CT molecular complexity index is 736. The highest BCUT2D eigenvalue weighted by molar-refractivity contribution is 5.94. The van der Waals surface area contributed by atoms with Crippen LogP contribution in [0.25, 0.3) is 0 Å². The largest absolute Gasteiger partial charge is 0.481 e. The molecule has 11 N–H and O–H groups in total. The zero-order valence-electron chi connectivity index (χ0n) is 19.0. The molecule has 0 rings (SSSR count). The molecule has 0 aromatic rings. The van der Waals surface area contributed by atoms with Crippen LogP contribution in [0, 0.1) is 5.92 Å². The fourth-order valence-electron chi connectivity index (χ4n) is 2.65. The first-order valence-electron chi connectivity index (χ1n) is 10.4. The van der Waals surface area contributed by atoms with Crippen molar-refractivity contribution in [2.45, 2.75) is 70.6 Å². The average Bonchev–Trinajstić information content (AvgIpc) is 2.69. The summed E-state index contributed by atoms with van der Waals surface area (Å²) >= 11 is 0. The molecular formula is C19H35N7O7. The third kappa shape index (κ3) is 12.3. The molecule has 0 heterocycles. The molecule has 188 valence electrons. The number of carboxylic acid groups (broad SMARTS) is 2. The van der Waals surface area contributed by atoms with Gasteiger partial charge in [-0.2, -0.15) is 0 Å². The summed E-state index contributed by atoms with van der Waals surface area (Å²) in [5, 5.41) is 25.4. The minimum atomic E-state index is -1.27. The maximum Gasteiger partial charge on any atom is 0.326 e. The van der Waals surface area contributed by atoms with Crippen molar-refractivity contribution < 1.29 is 34.2 Å². The Morgan fingerprint density at radius 3 is 1.82 bits per heavy atom. The smallest absolute Gasteiger partial charge is 0.326 e. The van der Waals surface area contributed by atoms with Crippen LogP contribution in [0.4, 0.5) is 0 Å². The van der Waals surface area contributed by atoms with Crippen LogP contribution in [0.2, 0.25) is 0 Å². The summed E-state index contributed by atoms with van der Waals surface area (Å²) in [6.07, 6.45) is -0.355. The molecule has 14 nitrogen and oxygen atoms in total. The van der Waals surface area contributed by atoms with E-state index in [1.54, 1.807) is 13.8 Å². The van der Waals surface area contributed by atoms with E-state index in [0.29, 0.717) is 0 Å². The van der Waals surface area contributed by atoms with Gasteiger partial charge < -0.3 is 43.4 Å². The van der Waals surface area contributed by atoms with E-state index in [9.17, 15) is 29.1 Å². The van der Waals surface area contributed by atoms with Gasteiger partial charge in [-0.05, 0) is 32.1 Å². The molecule has 0 aliphatic carbocycles. The Hall–Kier alpha value is -3.42. The predicted molar refractivity (Wildman–Crippen MR) is 119 cm³/mol. The van der Waals surface area contributed by atoms with Crippen molar-refractivity contribution in [3.63, 3.8) is 0 Å². The number of rotatable bonds is 15. The van der Waals surface area contributed by atoms with Crippen molar-refractivity contribution >= 4 is 35.6 Å². The van der Waals surface area contributed by atoms with Gasteiger partial charge in [0, 0.05) is 13.0 Å². The van der Waals surface area contributed by atoms with Crippen LogP contribution in [-0.2, 0) is 24.0 Å². The Balaban J connectivity index is 5.57. The van der Waals surface area contributed by atoms with Gasteiger partial charge >= 0.3 is 11.9 Å². The zero-order valence-corrected chi connectivity index (χ0v) is 19.0. The Morgan fingerprint density at radius 1 is 0.848 bits per heavy atom. The summed E-state index contributed by atoms with van der Waals surface area (Å²) in [7, 11) is 0. The van der Waals surface area contributed by atoms with Gasteiger partial charge in [0.2, 0.25) is 17.7 Å². The van der Waals surface area contributed by atoms with Crippen LogP contribution in [-0.4, -0.2) is 76.5 Å². The molecule has 0 saturated carbocycles. The number of nitrogens with one attached hydrogen (secondary N) is 3. The molecule has 0 aliphatic rings. The molecule has 0 radical (unpaired) electrons. The van der Waals surface area contributed by atoms with Gasteiger partial charge in [-0.25, -0.2) is 4.79 Å². The lowest BCUT2D eigenvalue weighted by molar-refractivity contribution is -0.143. The van der Waals surface area contributed by atoms with Crippen LogP contribution in [0.5, 0.6) is 0 Å². The molecule has 0 spiro atoms. The molecule has 0 bridgehead atoms. The SMILES string of the molecule is CC(N)C(=O)NC(CCC(=O)O)C(=O)NC(CCCN=C(N)N)C(=O)NC(C(=O)O)C(C)C. The highest BCUT2D eigenvalue weighted by Gasteiger charge is 2.31. The van der Waals surface area contributed by atoms with Crippen LogP contribution < -0.4 is 33.2 Å². The Labute approximate surface area is 191 Å². The van der Waals surface area contributed by atoms with E-state index in [0.717, 1.165) is 0 Å². The van der Waals surface area contributed by atoms with Crippen molar-refractivity contribution in [1.82, 2.24) is 16.0 Å². The normalized spacial score (nSPS) is 14.3. The van der Waals surface area contributed by atoms with E-state index < -0.39 is 66.2 Å². The lowest BCUT2D eigenvalue weighted by Crippen LogP contribution is -2.57. The third-order valence-electron chi connectivity index (χ3n) is 4.50. The standard InChI is InChI=1S/C19H35N7O7/c1-9(2)14(18(32)33)26-17(31)11(5-4-8-23-19(21)22)25-16(30)12(6-7-13(27)28)24-15(29)10(3)20/h9-12,14H,4-8,20H2,1-3H3,(H,24,29)(H,25,30)(H,26,31)(H,27,28)(H,32,33)(H4,21,22,23). The Morgan fingerprint density at radius 2 is 1.36 bits per heavy atom. The van der Waals surface area contributed by atoms with Crippen molar-refractivity contribution in [2.75, 3.05) is 6.54 Å². The molecule has 0 aliphatic heterocycles. The van der Waals surface area contributed by atoms with Crippen molar-refractivity contribution in [1.29, 1.82) is 0 Å². The number of nitrogens with two attached hydrogens (primary N) is 3. The van der Waals surface area contributed by atoms with Gasteiger partial charge in [-0.15, -0.1) is 0 Å². The fourth-order valence-corrected chi connectivity index (χ4v) is 2.65. The first-order valence-corrected chi connectivity index (χ1v) is 10.4. The van der Waals surface area contributed by atoms with Crippen molar-refractivity contribution in [2.24, 2.45) is 28.1 Å². The number of hydrogen-bond donors (Lipinski definition) is 8. The van der Waals surface area contributed by atoms with E-state index in [4.69, 9.17) is 22.3 Å². The van der Waals surface area contributed by atoms with E-state index in [1.165, 1.54) is 6.92 Å². The summed E-state index contributed by atoms with van der Waals surface area (Å²) in [5.74, 6) is -5.27. The van der Waals surface area contributed by atoms with Gasteiger partial charge in [0.25, 0.3) is 0 Å². The molecule has 33 heavy (non-hydrogen) atoms.